The highest BCUT2D eigenvalue weighted by molar-refractivity contribution is 5.49. The lowest BCUT2D eigenvalue weighted by Gasteiger charge is -2.31. The van der Waals surface area contributed by atoms with Gasteiger partial charge in [-0.25, -0.2) is 0 Å². The molecule has 1 aromatic carbocycles. The molecule has 24 heavy (non-hydrogen) atoms. The van der Waals surface area contributed by atoms with Crippen LogP contribution in [0.1, 0.15) is 31.4 Å². The lowest BCUT2D eigenvalue weighted by Crippen LogP contribution is -2.35. The summed E-state index contributed by atoms with van der Waals surface area (Å²) in [5.41, 5.74) is 3.38. The fourth-order valence-electron chi connectivity index (χ4n) is 3.09. The van der Waals surface area contributed by atoms with E-state index in [2.05, 4.69) is 46.5 Å². The van der Waals surface area contributed by atoms with Crippen molar-refractivity contribution in [3.05, 3.63) is 42.2 Å². The fourth-order valence-corrected chi connectivity index (χ4v) is 3.09. The van der Waals surface area contributed by atoms with Crippen LogP contribution in [-0.4, -0.2) is 45.8 Å². The molecular weight excluding hydrogens is 304 g/mol. The number of aromatic nitrogens is 2. The molecule has 130 valence electrons. The predicted octanol–water partition coefficient (Wildman–Crippen LogP) is 2.01. The molecule has 0 saturated carbocycles. The SMILES string of the molecule is CC(Nc1cnn(CCO)c1)c1ccc(N2CCC(O)CC2)cc1. The second-order valence-electron chi connectivity index (χ2n) is 6.39. The second kappa shape index (κ2) is 7.68. The first-order chi connectivity index (χ1) is 11.7. The number of hydrogen-bond donors (Lipinski definition) is 3. The first-order valence-corrected chi connectivity index (χ1v) is 8.58. The second-order valence-corrected chi connectivity index (χ2v) is 6.39. The molecule has 0 amide bonds. The first-order valence-electron chi connectivity index (χ1n) is 8.58. The summed E-state index contributed by atoms with van der Waals surface area (Å²) in [5.74, 6) is 0. The Morgan fingerprint density at radius 3 is 2.62 bits per heavy atom. The molecular formula is C18H26N4O2. The van der Waals surface area contributed by atoms with E-state index < -0.39 is 0 Å². The van der Waals surface area contributed by atoms with Crippen LogP contribution in [0.5, 0.6) is 0 Å². The Hall–Kier alpha value is -2.05. The molecule has 3 N–H and O–H groups in total. The van der Waals surface area contributed by atoms with E-state index in [1.165, 1.54) is 11.3 Å². The van der Waals surface area contributed by atoms with Crippen LogP contribution in [0, 0.1) is 0 Å². The van der Waals surface area contributed by atoms with Crippen molar-refractivity contribution in [1.82, 2.24) is 9.78 Å². The van der Waals surface area contributed by atoms with E-state index in [9.17, 15) is 5.11 Å². The summed E-state index contributed by atoms with van der Waals surface area (Å²) in [6.45, 7) is 4.55. The minimum absolute atomic E-state index is 0.0890. The number of piperidine rings is 1. The molecule has 0 aliphatic carbocycles. The van der Waals surface area contributed by atoms with Gasteiger partial charge in [-0.05, 0) is 37.5 Å². The van der Waals surface area contributed by atoms with E-state index in [1.54, 1.807) is 10.9 Å². The van der Waals surface area contributed by atoms with Gasteiger partial charge in [-0.15, -0.1) is 0 Å². The number of hydrogen-bond acceptors (Lipinski definition) is 5. The maximum absolute atomic E-state index is 9.61. The average Bonchev–Trinajstić information content (AvgIpc) is 3.03. The number of benzene rings is 1. The van der Waals surface area contributed by atoms with E-state index in [1.807, 2.05) is 6.20 Å². The van der Waals surface area contributed by atoms with Gasteiger partial charge in [-0.1, -0.05) is 12.1 Å². The normalized spacial score (nSPS) is 17.0. The standard InChI is InChI=1S/C18H26N4O2/c1-14(20-16-12-19-22(13-16)10-11-23)15-2-4-17(5-3-15)21-8-6-18(24)7-9-21/h2-5,12-14,18,20,23-24H,6-11H2,1H3. The van der Waals surface area contributed by atoms with E-state index in [0.29, 0.717) is 6.54 Å². The zero-order chi connectivity index (χ0) is 16.9. The zero-order valence-electron chi connectivity index (χ0n) is 14.1. The van der Waals surface area contributed by atoms with Crippen LogP contribution in [0.4, 0.5) is 11.4 Å². The summed E-state index contributed by atoms with van der Waals surface area (Å²) in [6.07, 6.45) is 5.23. The number of aliphatic hydroxyl groups is 2. The molecule has 1 unspecified atom stereocenters. The van der Waals surface area contributed by atoms with Crippen molar-refractivity contribution in [3.63, 3.8) is 0 Å². The smallest absolute Gasteiger partial charge is 0.0731 e. The van der Waals surface area contributed by atoms with Gasteiger partial charge < -0.3 is 20.4 Å². The van der Waals surface area contributed by atoms with Crippen molar-refractivity contribution in [1.29, 1.82) is 0 Å². The molecule has 1 aliphatic rings. The van der Waals surface area contributed by atoms with Gasteiger partial charge in [0.1, 0.15) is 0 Å². The fraction of sp³-hybridized carbons (Fsp3) is 0.500. The van der Waals surface area contributed by atoms with Crippen LogP contribution in [0.2, 0.25) is 0 Å². The van der Waals surface area contributed by atoms with Crippen molar-refractivity contribution in [2.24, 2.45) is 0 Å². The number of anilines is 2. The minimum atomic E-state index is -0.142. The van der Waals surface area contributed by atoms with Crippen molar-refractivity contribution < 1.29 is 10.2 Å². The lowest BCUT2D eigenvalue weighted by atomic mass is 10.0. The summed E-state index contributed by atoms with van der Waals surface area (Å²) in [6, 6.07) is 8.78. The summed E-state index contributed by atoms with van der Waals surface area (Å²) < 4.78 is 1.73. The van der Waals surface area contributed by atoms with Crippen LogP contribution in [-0.2, 0) is 6.54 Å². The van der Waals surface area contributed by atoms with Gasteiger partial charge in [0.25, 0.3) is 0 Å². The van der Waals surface area contributed by atoms with Gasteiger partial charge in [0.15, 0.2) is 0 Å². The molecule has 6 nitrogen and oxygen atoms in total. The summed E-state index contributed by atoms with van der Waals surface area (Å²) in [5, 5.41) is 26.2. The summed E-state index contributed by atoms with van der Waals surface area (Å²) in [4.78, 5) is 2.33. The molecule has 1 atom stereocenters. The molecule has 2 heterocycles. The highest BCUT2D eigenvalue weighted by atomic mass is 16.3. The summed E-state index contributed by atoms with van der Waals surface area (Å²) in [7, 11) is 0. The maximum atomic E-state index is 9.61. The third kappa shape index (κ3) is 4.07. The Kier molecular flexibility index (Phi) is 5.37. The molecule has 6 heteroatoms. The van der Waals surface area contributed by atoms with Gasteiger partial charge in [0.05, 0.1) is 31.1 Å². The van der Waals surface area contributed by atoms with E-state index in [-0.39, 0.29) is 18.8 Å². The number of nitrogens with one attached hydrogen (secondary N) is 1. The van der Waals surface area contributed by atoms with Crippen molar-refractivity contribution in [3.8, 4) is 0 Å². The predicted molar refractivity (Wildman–Crippen MR) is 95.2 cm³/mol. The monoisotopic (exact) mass is 330 g/mol. The van der Waals surface area contributed by atoms with Crippen LogP contribution in [0.3, 0.4) is 0 Å². The van der Waals surface area contributed by atoms with Gasteiger partial charge in [-0.2, -0.15) is 5.10 Å². The van der Waals surface area contributed by atoms with Crippen LogP contribution in [0.25, 0.3) is 0 Å². The number of aliphatic hydroxyl groups excluding tert-OH is 2. The number of nitrogens with zero attached hydrogens (tertiary/aromatic N) is 3. The molecule has 1 aliphatic heterocycles. The lowest BCUT2D eigenvalue weighted by molar-refractivity contribution is 0.145. The largest absolute Gasteiger partial charge is 0.394 e. The Balaban J connectivity index is 1.59. The maximum Gasteiger partial charge on any atom is 0.0731 e. The van der Waals surface area contributed by atoms with Crippen LogP contribution in [0.15, 0.2) is 36.7 Å². The molecule has 1 aromatic heterocycles. The van der Waals surface area contributed by atoms with Crippen molar-refractivity contribution in [2.75, 3.05) is 29.9 Å². The number of rotatable bonds is 6. The quantitative estimate of drug-likeness (QED) is 0.755. The van der Waals surface area contributed by atoms with Crippen molar-refractivity contribution >= 4 is 11.4 Å². The van der Waals surface area contributed by atoms with Crippen molar-refractivity contribution in [2.45, 2.75) is 38.5 Å². The van der Waals surface area contributed by atoms with Gasteiger partial charge >= 0.3 is 0 Å². The first kappa shape index (κ1) is 16.8. The average molecular weight is 330 g/mol. The Morgan fingerprint density at radius 1 is 1.25 bits per heavy atom. The van der Waals surface area contributed by atoms with E-state index >= 15 is 0 Å². The molecule has 1 saturated heterocycles. The highest BCUT2D eigenvalue weighted by Crippen LogP contribution is 2.24. The van der Waals surface area contributed by atoms with Crippen LogP contribution >= 0.6 is 0 Å². The van der Waals surface area contributed by atoms with Gasteiger partial charge in [0.2, 0.25) is 0 Å². The van der Waals surface area contributed by atoms with E-state index in [0.717, 1.165) is 31.6 Å². The van der Waals surface area contributed by atoms with Gasteiger partial charge in [-0.3, -0.25) is 4.68 Å². The third-order valence-electron chi connectivity index (χ3n) is 4.57. The molecule has 1 fully saturated rings. The molecule has 0 bridgehead atoms. The Morgan fingerprint density at radius 2 is 1.96 bits per heavy atom. The summed E-state index contributed by atoms with van der Waals surface area (Å²) >= 11 is 0. The van der Waals surface area contributed by atoms with Gasteiger partial charge in [0, 0.05) is 31.0 Å². The third-order valence-corrected chi connectivity index (χ3v) is 4.57. The molecule has 0 radical (unpaired) electrons. The Labute approximate surface area is 142 Å². The molecule has 0 spiro atoms. The Bertz CT molecular complexity index is 633. The molecule has 3 rings (SSSR count). The zero-order valence-corrected chi connectivity index (χ0v) is 14.1. The van der Waals surface area contributed by atoms with Crippen LogP contribution < -0.4 is 10.2 Å². The molecule has 2 aromatic rings. The topological polar surface area (TPSA) is 73.5 Å². The highest BCUT2D eigenvalue weighted by Gasteiger charge is 2.17. The van der Waals surface area contributed by atoms with E-state index in [4.69, 9.17) is 5.11 Å². The minimum Gasteiger partial charge on any atom is -0.394 e.